The average molecular weight is 234 g/mol. The van der Waals surface area contributed by atoms with Gasteiger partial charge in [0.15, 0.2) is 12.6 Å². The predicted molar refractivity (Wildman–Crippen MR) is 57.7 cm³/mol. The van der Waals surface area contributed by atoms with Crippen LogP contribution in [-0.2, 0) is 19.1 Å². The van der Waals surface area contributed by atoms with Gasteiger partial charge in [-0.3, -0.25) is 9.68 Å². The molecular weight excluding hydrogens is 212 g/mol. The lowest BCUT2D eigenvalue weighted by atomic mass is 10.2. The van der Waals surface area contributed by atoms with Crippen LogP contribution in [-0.4, -0.2) is 25.8 Å². The van der Waals surface area contributed by atoms with Crippen LogP contribution in [0.25, 0.3) is 0 Å². The number of nitrogens with two attached hydrogens (primary N) is 2. The highest BCUT2D eigenvalue weighted by atomic mass is 16.8. The molecule has 2 aliphatic rings. The molecule has 4 N–H and O–H groups in total. The molecular formula is C10H22N2O4. The van der Waals surface area contributed by atoms with E-state index in [1.165, 1.54) is 12.8 Å². The fourth-order valence-corrected chi connectivity index (χ4v) is 1.64. The molecule has 0 bridgehead atoms. The number of hydrogen-bond acceptors (Lipinski definition) is 6. The second-order valence-electron chi connectivity index (χ2n) is 3.86. The zero-order valence-electron chi connectivity index (χ0n) is 9.60. The quantitative estimate of drug-likeness (QED) is 0.687. The minimum Gasteiger partial charge on any atom is -0.351 e. The molecule has 0 aromatic rings. The summed E-state index contributed by atoms with van der Waals surface area (Å²) in [6.07, 6.45) is 6.23. The molecule has 2 rings (SSSR count). The van der Waals surface area contributed by atoms with Crippen LogP contribution < -0.4 is 11.8 Å². The van der Waals surface area contributed by atoms with Crippen LogP contribution >= 0.6 is 0 Å². The summed E-state index contributed by atoms with van der Waals surface area (Å²) < 4.78 is 10.2. The zero-order valence-corrected chi connectivity index (χ0v) is 9.60. The molecule has 6 heteroatoms. The van der Waals surface area contributed by atoms with Crippen molar-refractivity contribution in [2.24, 2.45) is 11.8 Å². The van der Waals surface area contributed by atoms with Crippen molar-refractivity contribution in [3.63, 3.8) is 0 Å². The molecule has 16 heavy (non-hydrogen) atoms. The third-order valence-corrected chi connectivity index (χ3v) is 2.58. The second-order valence-corrected chi connectivity index (χ2v) is 3.86. The molecule has 2 aliphatic heterocycles. The summed E-state index contributed by atoms with van der Waals surface area (Å²) in [6.45, 7) is 1.59. The SMILES string of the molecule is NOC1CCCCO1.NOC1CCCCO1. The fraction of sp³-hybridized carbons (Fsp3) is 1.00. The van der Waals surface area contributed by atoms with Crippen molar-refractivity contribution < 1.29 is 19.1 Å². The number of rotatable bonds is 2. The Morgan fingerprint density at radius 3 is 1.38 bits per heavy atom. The lowest BCUT2D eigenvalue weighted by Gasteiger charge is -2.19. The van der Waals surface area contributed by atoms with Crippen LogP contribution in [0.5, 0.6) is 0 Å². The highest BCUT2D eigenvalue weighted by molar-refractivity contribution is 4.52. The van der Waals surface area contributed by atoms with Gasteiger partial charge >= 0.3 is 0 Å². The van der Waals surface area contributed by atoms with E-state index < -0.39 is 0 Å². The molecule has 96 valence electrons. The molecule has 0 amide bonds. The smallest absolute Gasteiger partial charge is 0.176 e. The molecule has 0 aromatic carbocycles. The molecule has 0 aromatic heterocycles. The monoisotopic (exact) mass is 234 g/mol. The average Bonchev–Trinajstić information content (AvgIpc) is 2.41. The van der Waals surface area contributed by atoms with Crippen molar-refractivity contribution in [2.45, 2.75) is 51.1 Å². The Hall–Kier alpha value is -0.240. The Bertz CT molecular complexity index is 141. The normalized spacial score (nSPS) is 30.4. The first-order valence-corrected chi connectivity index (χ1v) is 5.81. The molecule has 2 fully saturated rings. The lowest BCUT2D eigenvalue weighted by Crippen LogP contribution is -2.24. The number of hydrogen-bond donors (Lipinski definition) is 2. The maximum atomic E-state index is 5.08. The van der Waals surface area contributed by atoms with Gasteiger partial charge in [-0.25, -0.2) is 11.8 Å². The van der Waals surface area contributed by atoms with E-state index in [2.05, 4.69) is 9.68 Å². The summed E-state index contributed by atoms with van der Waals surface area (Å²) in [5.74, 6) is 9.76. The molecule has 0 spiro atoms. The van der Waals surface area contributed by atoms with Gasteiger partial charge in [0.1, 0.15) is 0 Å². The molecule has 0 aliphatic carbocycles. The first-order valence-electron chi connectivity index (χ1n) is 5.81. The Kier molecular flexibility index (Phi) is 7.65. The third-order valence-electron chi connectivity index (χ3n) is 2.58. The standard InChI is InChI=1S/2C5H11NO2/c2*6-8-5-3-1-2-4-7-5/h2*5H,1-4,6H2. The van der Waals surface area contributed by atoms with Gasteiger partial charge in [-0.15, -0.1) is 0 Å². The van der Waals surface area contributed by atoms with Crippen LogP contribution in [0, 0.1) is 0 Å². The minimum atomic E-state index is -0.135. The van der Waals surface area contributed by atoms with E-state index >= 15 is 0 Å². The van der Waals surface area contributed by atoms with Crippen LogP contribution in [0.15, 0.2) is 0 Å². The summed E-state index contributed by atoms with van der Waals surface area (Å²) in [5, 5.41) is 0. The van der Waals surface area contributed by atoms with Crippen LogP contribution in [0.3, 0.4) is 0 Å². The molecule has 0 saturated carbocycles. The maximum absolute atomic E-state index is 5.08. The van der Waals surface area contributed by atoms with Crippen LogP contribution in [0.4, 0.5) is 0 Å². The van der Waals surface area contributed by atoms with E-state index in [1.807, 2.05) is 0 Å². The van der Waals surface area contributed by atoms with Crippen molar-refractivity contribution in [2.75, 3.05) is 13.2 Å². The van der Waals surface area contributed by atoms with Gasteiger partial charge in [0.2, 0.25) is 0 Å². The Morgan fingerprint density at radius 2 is 1.19 bits per heavy atom. The van der Waals surface area contributed by atoms with E-state index in [0.717, 1.165) is 38.9 Å². The van der Waals surface area contributed by atoms with E-state index in [-0.39, 0.29) is 12.6 Å². The van der Waals surface area contributed by atoms with Gasteiger partial charge < -0.3 is 9.47 Å². The van der Waals surface area contributed by atoms with Gasteiger partial charge in [0.25, 0.3) is 0 Å². The summed E-state index contributed by atoms with van der Waals surface area (Å²) in [5.41, 5.74) is 0. The number of ether oxygens (including phenoxy) is 2. The largest absolute Gasteiger partial charge is 0.351 e. The van der Waals surface area contributed by atoms with Gasteiger partial charge in [-0.1, -0.05) is 0 Å². The van der Waals surface area contributed by atoms with E-state index in [1.54, 1.807) is 0 Å². The van der Waals surface area contributed by atoms with Crippen LogP contribution in [0.1, 0.15) is 38.5 Å². The zero-order chi connectivity index (χ0) is 11.6. The molecule has 2 heterocycles. The van der Waals surface area contributed by atoms with Crippen molar-refractivity contribution in [1.29, 1.82) is 0 Å². The Balaban J connectivity index is 0.000000160. The Labute approximate surface area is 96.1 Å². The Morgan fingerprint density at radius 1 is 0.750 bits per heavy atom. The van der Waals surface area contributed by atoms with Gasteiger partial charge in [-0.05, 0) is 25.7 Å². The lowest BCUT2D eigenvalue weighted by molar-refractivity contribution is -0.165. The highest BCUT2D eigenvalue weighted by Crippen LogP contribution is 2.11. The predicted octanol–water partition coefficient (Wildman–Crippen LogP) is 0.807. The fourth-order valence-electron chi connectivity index (χ4n) is 1.64. The molecule has 0 radical (unpaired) electrons. The summed E-state index contributed by atoms with van der Waals surface area (Å²) in [7, 11) is 0. The second kappa shape index (κ2) is 8.86. The third kappa shape index (κ3) is 5.74. The first kappa shape index (κ1) is 13.8. The van der Waals surface area contributed by atoms with Gasteiger partial charge in [0, 0.05) is 26.1 Å². The summed E-state index contributed by atoms with van der Waals surface area (Å²) in [6, 6.07) is 0. The maximum Gasteiger partial charge on any atom is 0.176 e. The van der Waals surface area contributed by atoms with Crippen LogP contribution in [0.2, 0.25) is 0 Å². The van der Waals surface area contributed by atoms with E-state index in [4.69, 9.17) is 21.3 Å². The van der Waals surface area contributed by atoms with Crippen molar-refractivity contribution in [3.05, 3.63) is 0 Å². The highest BCUT2D eigenvalue weighted by Gasteiger charge is 2.12. The minimum absolute atomic E-state index is 0.135. The molecule has 2 atom stereocenters. The van der Waals surface area contributed by atoms with Crippen molar-refractivity contribution in [3.8, 4) is 0 Å². The van der Waals surface area contributed by atoms with E-state index in [9.17, 15) is 0 Å². The van der Waals surface area contributed by atoms with Gasteiger partial charge in [-0.2, -0.15) is 0 Å². The van der Waals surface area contributed by atoms with Crippen molar-refractivity contribution in [1.82, 2.24) is 0 Å². The molecule has 2 unspecified atom stereocenters. The topological polar surface area (TPSA) is 89.0 Å². The summed E-state index contributed by atoms with van der Waals surface area (Å²) in [4.78, 5) is 8.94. The molecule has 2 saturated heterocycles. The van der Waals surface area contributed by atoms with E-state index in [0.29, 0.717) is 0 Å². The first-order chi connectivity index (χ1) is 7.86. The summed E-state index contributed by atoms with van der Waals surface area (Å²) >= 11 is 0. The molecule has 6 nitrogen and oxygen atoms in total. The van der Waals surface area contributed by atoms with Gasteiger partial charge in [0.05, 0.1) is 0 Å². The van der Waals surface area contributed by atoms with Crippen molar-refractivity contribution >= 4 is 0 Å².